The average molecular weight is 611 g/mol. The van der Waals surface area contributed by atoms with Crippen molar-refractivity contribution in [1.82, 2.24) is 4.57 Å². The van der Waals surface area contributed by atoms with Gasteiger partial charge in [-0.1, -0.05) is 59.7 Å². The third-order valence-electron chi connectivity index (χ3n) is 6.89. The molecule has 2 heterocycles. The summed E-state index contributed by atoms with van der Waals surface area (Å²) in [5.74, 6) is 3.79. The van der Waals surface area contributed by atoms with Crippen LogP contribution in [0.15, 0.2) is 82.1 Å². The molecular formula is C34H30N2O7S. The number of hydrogen-bond acceptors (Lipinski definition) is 9. The summed E-state index contributed by atoms with van der Waals surface area (Å²) in [5, 5.41) is 0. The van der Waals surface area contributed by atoms with Crippen molar-refractivity contribution < 1.29 is 28.5 Å². The van der Waals surface area contributed by atoms with Gasteiger partial charge in [-0.25, -0.2) is 9.79 Å². The fourth-order valence-electron chi connectivity index (χ4n) is 4.94. The number of fused-ring (bicyclic) bond motifs is 1. The number of carbonyl (C=O) groups excluding carboxylic acids is 1. The van der Waals surface area contributed by atoms with Gasteiger partial charge in [0.25, 0.3) is 5.56 Å². The highest BCUT2D eigenvalue weighted by Gasteiger charge is 2.35. The minimum atomic E-state index is -0.864. The van der Waals surface area contributed by atoms with Crippen LogP contribution < -0.4 is 33.8 Å². The van der Waals surface area contributed by atoms with Crippen LogP contribution in [0.2, 0.25) is 0 Å². The number of carbonyl (C=O) groups is 1. The molecule has 0 saturated heterocycles. The molecule has 1 atom stereocenters. The Balaban J connectivity index is 1.78. The van der Waals surface area contributed by atoms with Crippen LogP contribution in [0.1, 0.15) is 29.7 Å². The van der Waals surface area contributed by atoms with Crippen LogP contribution in [-0.4, -0.2) is 45.1 Å². The summed E-state index contributed by atoms with van der Waals surface area (Å²) in [4.78, 5) is 33.2. The van der Waals surface area contributed by atoms with Crippen LogP contribution in [0.3, 0.4) is 0 Å². The lowest BCUT2D eigenvalue weighted by Gasteiger charge is -2.26. The molecule has 1 aliphatic heterocycles. The van der Waals surface area contributed by atoms with Crippen molar-refractivity contribution >= 4 is 29.1 Å². The van der Waals surface area contributed by atoms with Crippen molar-refractivity contribution in [3.8, 4) is 35.3 Å². The minimum absolute atomic E-state index is 0.0942. The highest BCUT2D eigenvalue weighted by atomic mass is 32.1. The van der Waals surface area contributed by atoms with Gasteiger partial charge in [-0.05, 0) is 48.4 Å². The van der Waals surface area contributed by atoms with Gasteiger partial charge in [0.15, 0.2) is 27.8 Å². The summed E-state index contributed by atoms with van der Waals surface area (Å²) in [7, 11) is 4.60. The fraction of sp³-hybridized carbons (Fsp3) is 0.206. The van der Waals surface area contributed by atoms with E-state index in [1.807, 2.05) is 30.3 Å². The number of rotatable bonds is 10. The molecule has 1 aromatic heterocycles. The van der Waals surface area contributed by atoms with Gasteiger partial charge >= 0.3 is 5.97 Å². The van der Waals surface area contributed by atoms with Gasteiger partial charge in [-0.15, -0.1) is 6.42 Å². The van der Waals surface area contributed by atoms with Crippen molar-refractivity contribution in [3.63, 3.8) is 0 Å². The van der Waals surface area contributed by atoms with Crippen LogP contribution in [0.25, 0.3) is 11.8 Å². The van der Waals surface area contributed by atoms with E-state index in [-0.39, 0.29) is 24.3 Å². The average Bonchev–Trinajstić information content (AvgIpc) is 3.37. The van der Waals surface area contributed by atoms with E-state index in [0.29, 0.717) is 54.7 Å². The first kappa shape index (κ1) is 30.2. The second-order valence-corrected chi connectivity index (χ2v) is 10.5. The Bertz CT molecular complexity index is 1950. The van der Waals surface area contributed by atoms with Gasteiger partial charge in [0.2, 0.25) is 0 Å². The lowest BCUT2D eigenvalue weighted by Crippen LogP contribution is -2.40. The van der Waals surface area contributed by atoms with Crippen molar-refractivity contribution in [1.29, 1.82) is 0 Å². The number of esters is 1. The monoisotopic (exact) mass is 610 g/mol. The number of terminal acetylenes is 1. The Morgan fingerprint density at radius 2 is 1.68 bits per heavy atom. The highest BCUT2D eigenvalue weighted by molar-refractivity contribution is 7.07. The number of benzene rings is 3. The Morgan fingerprint density at radius 1 is 0.977 bits per heavy atom. The van der Waals surface area contributed by atoms with Gasteiger partial charge in [0.1, 0.15) is 6.61 Å². The van der Waals surface area contributed by atoms with E-state index in [1.54, 1.807) is 56.5 Å². The molecule has 4 aromatic rings. The van der Waals surface area contributed by atoms with Crippen LogP contribution in [-0.2, 0) is 9.53 Å². The third kappa shape index (κ3) is 5.82. The number of hydrogen-bond donors (Lipinski definition) is 0. The molecule has 0 fully saturated rings. The normalized spacial score (nSPS) is 14.2. The minimum Gasteiger partial charge on any atom is -0.493 e. The molecule has 0 bridgehead atoms. The van der Waals surface area contributed by atoms with Gasteiger partial charge in [0.05, 0.1) is 49.8 Å². The zero-order valence-corrected chi connectivity index (χ0v) is 25.5. The molecule has 0 spiro atoms. The van der Waals surface area contributed by atoms with Gasteiger partial charge < -0.3 is 23.7 Å². The SMILES string of the molecule is C#CCOc1ccc(/C=c2\sc3n(c2=O)[C@H](c2ccc(OC)c(OC)c2)C(C(=O)OCC)=C(c2ccccc2)N=3)cc1OC. The topological polar surface area (TPSA) is 97.6 Å². The van der Waals surface area contributed by atoms with E-state index in [1.165, 1.54) is 30.1 Å². The Labute approximate surface area is 258 Å². The molecule has 10 heteroatoms. The molecule has 0 aliphatic carbocycles. The molecule has 5 rings (SSSR count). The highest BCUT2D eigenvalue weighted by Crippen LogP contribution is 2.38. The van der Waals surface area contributed by atoms with Crippen LogP contribution in [0.5, 0.6) is 23.0 Å². The lowest BCUT2D eigenvalue weighted by atomic mass is 9.93. The molecule has 224 valence electrons. The van der Waals surface area contributed by atoms with E-state index in [0.717, 1.165) is 0 Å². The first-order valence-corrected chi connectivity index (χ1v) is 14.5. The Morgan fingerprint density at radius 3 is 2.36 bits per heavy atom. The molecule has 1 aliphatic rings. The molecule has 0 N–H and O–H groups in total. The summed E-state index contributed by atoms with van der Waals surface area (Å²) in [6.07, 6.45) is 7.08. The maximum atomic E-state index is 14.2. The first-order valence-electron chi connectivity index (χ1n) is 13.7. The van der Waals surface area contributed by atoms with E-state index in [2.05, 4.69) is 5.92 Å². The summed E-state index contributed by atoms with van der Waals surface area (Å²) in [6.45, 7) is 1.98. The van der Waals surface area contributed by atoms with Crippen molar-refractivity contribution in [2.75, 3.05) is 34.5 Å². The molecule has 0 amide bonds. The molecule has 44 heavy (non-hydrogen) atoms. The zero-order chi connectivity index (χ0) is 31.2. The molecule has 9 nitrogen and oxygen atoms in total. The number of ether oxygens (including phenoxy) is 5. The van der Waals surface area contributed by atoms with Gasteiger partial charge in [-0.3, -0.25) is 9.36 Å². The molecule has 0 saturated carbocycles. The third-order valence-corrected chi connectivity index (χ3v) is 7.88. The predicted octanol–water partition coefficient (Wildman–Crippen LogP) is 3.97. The summed E-state index contributed by atoms with van der Waals surface area (Å²) in [5.41, 5.74) is 2.38. The molecule has 3 aromatic carbocycles. The second kappa shape index (κ2) is 13.4. The van der Waals surface area contributed by atoms with E-state index in [9.17, 15) is 9.59 Å². The maximum absolute atomic E-state index is 14.2. The molecular weight excluding hydrogens is 580 g/mol. The number of thiazole rings is 1. The van der Waals surface area contributed by atoms with Crippen LogP contribution in [0.4, 0.5) is 0 Å². The van der Waals surface area contributed by atoms with E-state index >= 15 is 0 Å². The summed E-state index contributed by atoms with van der Waals surface area (Å²) in [6, 6.07) is 19.1. The quantitative estimate of drug-likeness (QED) is 0.198. The lowest BCUT2D eigenvalue weighted by molar-refractivity contribution is -0.138. The first-order chi connectivity index (χ1) is 21.4. The number of aromatic nitrogens is 1. The number of methoxy groups -OCH3 is 3. The van der Waals surface area contributed by atoms with Crippen molar-refractivity contribution in [2.24, 2.45) is 4.99 Å². The smallest absolute Gasteiger partial charge is 0.338 e. The number of nitrogens with zero attached hydrogens (tertiary/aromatic N) is 2. The van der Waals surface area contributed by atoms with Crippen molar-refractivity contribution in [2.45, 2.75) is 13.0 Å². The fourth-order valence-corrected chi connectivity index (χ4v) is 5.94. The Hall–Kier alpha value is -5.27. The van der Waals surface area contributed by atoms with E-state index in [4.69, 9.17) is 35.1 Å². The summed E-state index contributed by atoms with van der Waals surface area (Å²) >= 11 is 1.22. The van der Waals surface area contributed by atoms with Gasteiger partial charge in [0, 0.05) is 5.56 Å². The molecule has 0 unspecified atom stereocenters. The molecule has 0 radical (unpaired) electrons. The largest absolute Gasteiger partial charge is 0.493 e. The summed E-state index contributed by atoms with van der Waals surface area (Å²) < 4.78 is 29.5. The standard InChI is InChI=1S/C34H30N2O7S/c1-6-17-43-25-15-13-21(18-26(25)40-4)19-28-32(37)36-31(23-14-16-24(39-3)27(20-23)41-5)29(33(38)42-7-2)30(35-34(36)44-28)22-11-9-8-10-12-22/h1,8-16,18-20,31H,7,17H2,2-5H3/b28-19-/t31-/m1/s1. The van der Waals surface area contributed by atoms with Crippen molar-refractivity contribution in [3.05, 3.63) is 109 Å². The predicted molar refractivity (Wildman–Crippen MR) is 168 cm³/mol. The van der Waals surface area contributed by atoms with Crippen LogP contribution in [0, 0.1) is 12.3 Å². The van der Waals surface area contributed by atoms with Crippen LogP contribution >= 0.6 is 11.3 Å². The Kier molecular flexibility index (Phi) is 9.17. The maximum Gasteiger partial charge on any atom is 0.338 e. The second-order valence-electron chi connectivity index (χ2n) is 9.45. The van der Waals surface area contributed by atoms with Gasteiger partial charge in [-0.2, -0.15) is 0 Å². The zero-order valence-electron chi connectivity index (χ0n) is 24.7. The van der Waals surface area contributed by atoms with E-state index < -0.39 is 12.0 Å².